The second kappa shape index (κ2) is 2.13. The lowest BCUT2D eigenvalue weighted by Gasteiger charge is -1.84. The van der Waals surface area contributed by atoms with E-state index in [1.54, 1.807) is 11.3 Å². The highest BCUT2D eigenvalue weighted by molar-refractivity contribution is 7.13. The quantitative estimate of drug-likeness (QED) is 0.620. The van der Waals surface area contributed by atoms with Gasteiger partial charge >= 0.3 is 0 Å². The Bertz CT molecular complexity index is 171. The molecule has 43 valence electrons. The number of hydrogen-bond acceptors (Lipinski definition) is 3. The molecule has 1 rings (SSSR count). The zero-order valence-corrected chi connectivity index (χ0v) is 5.46. The first-order valence-electron chi connectivity index (χ1n) is 2.28. The van der Waals surface area contributed by atoms with E-state index in [-0.39, 0.29) is 0 Å². The molecule has 0 fully saturated rings. The molecule has 0 aliphatic carbocycles. The van der Waals surface area contributed by atoms with Crippen molar-refractivity contribution in [3.63, 3.8) is 0 Å². The van der Waals surface area contributed by atoms with Crippen LogP contribution in [0.4, 0.5) is 5.13 Å². The van der Waals surface area contributed by atoms with Crippen LogP contribution < -0.4 is 5.32 Å². The Hall–Kier alpha value is -0.570. The molecule has 0 atom stereocenters. The average Bonchev–Trinajstić information content (AvgIpc) is 2.14. The summed E-state index contributed by atoms with van der Waals surface area (Å²) in [6.07, 6.45) is 0. The highest BCUT2D eigenvalue weighted by Gasteiger charge is 1.90. The second-order valence-electron chi connectivity index (χ2n) is 1.47. The first-order chi connectivity index (χ1) is 3.83. The maximum atomic E-state index is 4.07. The lowest BCUT2D eigenvalue weighted by Crippen LogP contribution is -1.80. The minimum atomic E-state index is 0.877. The lowest BCUT2D eigenvalue weighted by atomic mass is 10.6. The Labute approximate surface area is 52.6 Å². The first-order valence-corrected chi connectivity index (χ1v) is 3.16. The predicted molar refractivity (Wildman–Crippen MR) is 35.8 cm³/mol. The third kappa shape index (κ3) is 0.980. The van der Waals surface area contributed by atoms with Crippen molar-refractivity contribution in [2.75, 3.05) is 5.32 Å². The van der Waals surface area contributed by atoms with Gasteiger partial charge in [-0.05, 0) is 6.92 Å². The minimum absolute atomic E-state index is 0.877. The summed E-state index contributed by atoms with van der Waals surface area (Å²) in [5, 5.41) is 5.56. The summed E-state index contributed by atoms with van der Waals surface area (Å²) in [6, 6.07) is 0. The van der Waals surface area contributed by atoms with Gasteiger partial charge in [0.1, 0.15) is 0 Å². The van der Waals surface area contributed by atoms with Gasteiger partial charge in [-0.2, -0.15) is 0 Å². The van der Waals surface area contributed by atoms with Crippen molar-refractivity contribution >= 4 is 16.5 Å². The Kier molecular flexibility index (Phi) is 1.48. The van der Waals surface area contributed by atoms with Crippen LogP contribution >= 0.6 is 11.3 Å². The summed E-state index contributed by atoms with van der Waals surface area (Å²) < 4.78 is 0. The summed E-state index contributed by atoms with van der Waals surface area (Å²) in [4.78, 5) is 4.07. The van der Waals surface area contributed by atoms with Crippen LogP contribution in [0.3, 0.4) is 0 Å². The number of hydrogen-bond donors (Lipinski definition) is 1. The third-order valence-corrected chi connectivity index (χ3v) is 1.69. The van der Waals surface area contributed by atoms with E-state index in [0.717, 1.165) is 10.8 Å². The summed E-state index contributed by atoms with van der Waals surface area (Å²) >= 11 is 1.56. The lowest BCUT2D eigenvalue weighted by molar-refractivity contribution is 1.26. The maximum absolute atomic E-state index is 4.07. The average molecular weight is 127 g/mol. The predicted octanol–water partition coefficient (Wildman–Crippen LogP) is 1.66. The van der Waals surface area contributed by atoms with Crippen LogP contribution in [-0.4, -0.2) is 4.98 Å². The van der Waals surface area contributed by atoms with Gasteiger partial charge in [-0.15, -0.1) is 11.3 Å². The Morgan fingerprint density at radius 1 is 1.88 bits per heavy atom. The molecule has 0 aliphatic heterocycles. The van der Waals surface area contributed by atoms with E-state index >= 15 is 0 Å². The van der Waals surface area contributed by atoms with E-state index in [1.807, 2.05) is 12.3 Å². The normalized spacial score (nSPS) is 9.25. The molecule has 1 aromatic rings. The monoisotopic (exact) mass is 127 g/mol. The molecule has 0 aromatic carbocycles. The molecular weight excluding hydrogens is 120 g/mol. The number of rotatable bonds is 1. The van der Waals surface area contributed by atoms with Crippen molar-refractivity contribution in [3.8, 4) is 0 Å². The van der Waals surface area contributed by atoms with Gasteiger partial charge in [0.15, 0.2) is 5.13 Å². The number of anilines is 1. The van der Waals surface area contributed by atoms with Crippen molar-refractivity contribution in [1.82, 2.24) is 4.98 Å². The fourth-order valence-corrected chi connectivity index (χ4v) is 1.05. The molecule has 2 nitrogen and oxygen atoms in total. The second-order valence-corrected chi connectivity index (χ2v) is 2.33. The van der Waals surface area contributed by atoms with E-state index in [1.165, 1.54) is 0 Å². The van der Waals surface area contributed by atoms with Gasteiger partial charge in [-0.3, -0.25) is 0 Å². The van der Waals surface area contributed by atoms with Gasteiger partial charge in [-0.25, -0.2) is 4.98 Å². The van der Waals surface area contributed by atoms with E-state index < -0.39 is 0 Å². The standard InChI is InChI=1S/C5H7N2S/c1-4-3-8-5(6-2)7-4/h3H,2H2,1H3,(H,6,7). The van der Waals surface area contributed by atoms with Gasteiger partial charge in [0.05, 0.1) is 5.69 Å². The van der Waals surface area contributed by atoms with Crippen LogP contribution in [0.5, 0.6) is 0 Å². The van der Waals surface area contributed by atoms with Crippen molar-refractivity contribution in [1.29, 1.82) is 0 Å². The van der Waals surface area contributed by atoms with Crippen LogP contribution in [0.2, 0.25) is 0 Å². The van der Waals surface area contributed by atoms with Crippen molar-refractivity contribution < 1.29 is 0 Å². The Morgan fingerprint density at radius 3 is 2.88 bits per heavy atom. The van der Waals surface area contributed by atoms with E-state index in [0.29, 0.717) is 0 Å². The van der Waals surface area contributed by atoms with Crippen LogP contribution in [0.1, 0.15) is 5.69 Å². The summed E-state index contributed by atoms with van der Waals surface area (Å²) in [5.74, 6) is 0. The summed E-state index contributed by atoms with van der Waals surface area (Å²) in [5.41, 5.74) is 1.04. The van der Waals surface area contributed by atoms with Crippen molar-refractivity contribution in [3.05, 3.63) is 18.1 Å². The maximum Gasteiger partial charge on any atom is 0.182 e. The van der Waals surface area contributed by atoms with Gasteiger partial charge < -0.3 is 5.32 Å². The molecule has 3 heteroatoms. The molecule has 1 N–H and O–H groups in total. The number of aromatic nitrogens is 1. The summed E-state index contributed by atoms with van der Waals surface area (Å²) in [7, 11) is 3.47. The van der Waals surface area contributed by atoms with Crippen molar-refractivity contribution in [2.24, 2.45) is 0 Å². The number of nitrogens with one attached hydrogen (secondary N) is 1. The van der Waals surface area contributed by atoms with Crippen molar-refractivity contribution in [2.45, 2.75) is 6.92 Å². The minimum Gasteiger partial charge on any atom is -0.360 e. The molecule has 1 heterocycles. The van der Waals surface area contributed by atoms with Crippen LogP contribution in [0, 0.1) is 14.0 Å². The van der Waals surface area contributed by atoms with E-state index in [9.17, 15) is 0 Å². The highest BCUT2D eigenvalue weighted by Crippen LogP contribution is 2.12. The summed E-state index contributed by atoms with van der Waals surface area (Å²) in [6.45, 7) is 1.96. The fourth-order valence-electron chi connectivity index (χ4n) is 0.435. The molecule has 0 unspecified atom stereocenters. The molecule has 0 bridgehead atoms. The smallest absolute Gasteiger partial charge is 0.182 e. The number of nitrogens with zero attached hydrogens (tertiary/aromatic N) is 1. The van der Waals surface area contributed by atoms with Crippen LogP contribution in [0.15, 0.2) is 5.38 Å². The Balaban J connectivity index is 2.84. The van der Waals surface area contributed by atoms with Gasteiger partial charge in [0.25, 0.3) is 0 Å². The number of aryl methyl sites for hydroxylation is 1. The third-order valence-electron chi connectivity index (χ3n) is 0.770. The molecule has 1 radical (unpaired) electrons. The molecule has 0 saturated carbocycles. The largest absolute Gasteiger partial charge is 0.360 e. The zero-order valence-electron chi connectivity index (χ0n) is 4.64. The van der Waals surface area contributed by atoms with E-state index in [2.05, 4.69) is 17.3 Å². The molecule has 0 saturated heterocycles. The highest BCUT2D eigenvalue weighted by atomic mass is 32.1. The fraction of sp³-hybridized carbons (Fsp3) is 0.200. The molecule has 0 aliphatic rings. The van der Waals surface area contributed by atoms with Gasteiger partial charge in [0, 0.05) is 12.4 Å². The molecular formula is C5H7N2S. The topological polar surface area (TPSA) is 24.9 Å². The number of thiazole rings is 1. The van der Waals surface area contributed by atoms with E-state index in [4.69, 9.17) is 0 Å². The molecule has 8 heavy (non-hydrogen) atoms. The molecule has 1 aromatic heterocycles. The van der Waals surface area contributed by atoms with Crippen LogP contribution in [0.25, 0.3) is 0 Å². The zero-order chi connectivity index (χ0) is 5.98. The van der Waals surface area contributed by atoms with Gasteiger partial charge in [-0.1, -0.05) is 0 Å². The Morgan fingerprint density at radius 2 is 2.62 bits per heavy atom. The SMILES string of the molecule is [CH2]Nc1nc(C)cs1. The first kappa shape index (κ1) is 5.56. The van der Waals surface area contributed by atoms with Gasteiger partial charge in [0.2, 0.25) is 0 Å². The van der Waals surface area contributed by atoms with Crippen LogP contribution in [-0.2, 0) is 0 Å². The molecule has 0 spiro atoms. The molecule has 0 amide bonds.